The molecule has 1 aliphatic carbocycles. The second-order valence-corrected chi connectivity index (χ2v) is 4.85. The number of hydrogen-bond donors (Lipinski definition) is 1. The number of nitrogens with zero attached hydrogens (tertiary/aromatic N) is 2. The lowest BCUT2D eigenvalue weighted by molar-refractivity contribution is -0.112. The number of nitrogens with one attached hydrogen (secondary N) is 1. The van der Waals surface area contributed by atoms with Crippen molar-refractivity contribution in [3.8, 4) is 0 Å². The highest BCUT2D eigenvalue weighted by molar-refractivity contribution is 5.92. The van der Waals surface area contributed by atoms with Crippen LogP contribution in [0.3, 0.4) is 0 Å². The average molecular weight is 283 g/mol. The number of halogens is 2. The number of carbonyl (C=O) groups excluding carboxylic acids is 2. The molecule has 0 spiro atoms. The number of amides is 2. The Labute approximate surface area is 115 Å². The van der Waals surface area contributed by atoms with Crippen LogP contribution in [-0.4, -0.2) is 41.2 Å². The van der Waals surface area contributed by atoms with E-state index in [2.05, 4.69) is 10.3 Å². The lowest BCUT2D eigenvalue weighted by Crippen LogP contribution is -2.51. The molecule has 108 valence electrons. The quantitative estimate of drug-likeness (QED) is 0.826. The fraction of sp³-hybridized carbons (Fsp3) is 0.462. The number of carbonyl (C=O) groups is 2. The summed E-state index contributed by atoms with van der Waals surface area (Å²) in [5.74, 6) is -3.05. The summed E-state index contributed by atoms with van der Waals surface area (Å²) in [6.07, 6.45) is -0.0675. The van der Waals surface area contributed by atoms with Crippen LogP contribution in [0.25, 0.3) is 0 Å². The molecule has 20 heavy (non-hydrogen) atoms. The van der Waals surface area contributed by atoms with Crippen LogP contribution >= 0.6 is 0 Å². The summed E-state index contributed by atoms with van der Waals surface area (Å²) in [7, 11) is 1.50. The molecule has 0 unspecified atom stereocenters. The third-order valence-electron chi connectivity index (χ3n) is 3.33. The molecule has 1 aromatic heterocycles. The van der Waals surface area contributed by atoms with Gasteiger partial charge in [-0.25, -0.2) is 13.8 Å². The number of aromatic nitrogens is 1. The van der Waals surface area contributed by atoms with Crippen molar-refractivity contribution in [2.45, 2.75) is 31.4 Å². The third-order valence-corrected chi connectivity index (χ3v) is 3.33. The minimum Gasteiger partial charge on any atom is -0.353 e. The highest BCUT2D eigenvalue weighted by atomic mass is 19.3. The molecular weight excluding hydrogens is 268 g/mol. The number of pyridine rings is 1. The Kier molecular flexibility index (Phi) is 3.96. The first-order chi connectivity index (χ1) is 9.43. The van der Waals surface area contributed by atoms with Crippen molar-refractivity contribution in [3.63, 3.8) is 0 Å². The summed E-state index contributed by atoms with van der Waals surface area (Å²) in [6.45, 7) is 0.218. The van der Waals surface area contributed by atoms with Gasteiger partial charge in [0.05, 0.1) is 12.2 Å². The Morgan fingerprint density at radius 2 is 2.25 bits per heavy atom. The molecule has 0 aromatic carbocycles. The van der Waals surface area contributed by atoms with Gasteiger partial charge in [-0.05, 0) is 12.1 Å². The molecular formula is C13H15F2N3O2. The van der Waals surface area contributed by atoms with Crippen LogP contribution in [0.4, 0.5) is 8.78 Å². The largest absolute Gasteiger partial charge is 0.353 e. The van der Waals surface area contributed by atoms with Crippen LogP contribution < -0.4 is 5.32 Å². The first-order valence-electron chi connectivity index (χ1n) is 6.21. The van der Waals surface area contributed by atoms with Crippen LogP contribution in [0, 0.1) is 0 Å². The van der Waals surface area contributed by atoms with Gasteiger partial charge in [0, 0.05) is 25.9 Å². The summed E-state index contributed by atoms with van der Waals surface area (Å²) >= 11 is 0. The summed E-state index contributed by atoms with van der Waals surface area (Å²) in [5.41, 5.74) is 0.725. The number of rotatable bonds is 5. The Bertz CT molecular complexity index is 514. The van der Waals surface area contributed by atoms with Crippen LogP contribution in [0.2, 0.25) is 0 Å². The predicted molar refractivity (Wildman–Crippen MR) is 67.2 cm³/mol. The zero-order valence-electron chi connectivity index (χ0n) is 11.0. The summed E-state index contributed by atoms with van der Waals surface area (Å²) in [6, 6.07) is 4.40. The Balaban J connectivity index is 2.03. The summed E-state index contributed by atoms with van der Waals surface area (Å²) in [4.78, 5) is 27.8. The van der Waals surface area contributed by atoms with Crippen molar-refractivity contribution < 1.29 is 18.4 Å². The predicted octanol–water partition coefficient (Wildman–Crippen LogP) is 1.20. The summed E-state index contributed by atoms with van der Waals surface area (Å²) in [5, 5.41) is 2.45. The number of hydrogen-bond acceptors (Lipinski definition) is 3. The van der Waals surface area contributed by atoms with Crippen molar-refractivity contribution in [1.29, 1.82) is 0 Å². The SMILES string of the molecule is CN(C(=O)c1cccc(CNC=O)n1)C1CC(F)(F)C1. The van der Waals surface area contributed by atoms with E-state index in [1.54, 1.807) is 12.1 Å². The molecule has 0 radical (unpaired) electrons. The van der Waals surface area contributed by atoms with Crippen molar-refractivity contribution in [2.75, 3.05) is 7.05 Å². The minimum absolute atomic E-state index is 0.188. The molecule has 0 saturated heterocycles. The normalized spacial score (nSPS) is 17.1. The molecule has 1 saturated carbocycles. The lowest BCUT2D eigenvalue weighted by atomic mass is 9.87. The van der Waals surface area contributed by atoms with E-state index < -0.39 is 17.9 Å². The van der Waals surface area contributed by atoms with Gasteiger partial charge in [-0.1, -0.05) is 6.07 Å². The monoisotopic (exact) mass is 283 g/mol. The van der Waals surface area contributed by atoms with Crippen molar-refractivity contribution in [1.82, 2.24) is 15.2 Å². The minimum atomic E-state index is -2.66. The van der Waals surface area contributed by atoms with Crippen molar-refractivity contribution in [3.05, 3.63) is 29.6 Å². The van der Waals surface area contributed by atoms with E-state index in [-0.39, 0.29) is 25.1 Å². The van der Waals surface area contributed by atoms with Gasteiger partial charge in [-0.15, -0.1) is 0 Å². The van der Waals surface area contributed by atoms with Gasteiger partial charge in [0.15, 0.2) is 0 Å². The van der Waals surface area contributed by atoms with E-state index in [0.717, 1.165) is 0 Å². The second kappa shape index (κ2) is 5.52. The van der Waals surface area contributed by atoms with E-state index in [0.29, 0.717) is 12.1 Å². The Morgan fingerprint density at radius 1 is 1.55 bits per heavy atom. The van der Waals surface area contributed by atoms with Gasteiger partial charge in [-0.3, -0.25) is 9.59 Å². The van der Waals surface area contributed by atoms with Gasteiger partial charge in [0.1, 0.15) is 5.69 Å². The molecule has 0 bridgehead atoms. The lowest BCUT2D eigenvalue weighted by Gasteiger charge is -2.40. The van der Waals surface area contributed by atoms with Gasteiger partial charge in [0.2, 0.25) is 6.41 Å². The van der Waals surface area contributed by atoms with E-state index in [1.165, 1.54) is 18.0 Å². The summed E-state index contributed by atoms with van der Waals surface area (Å²) < 4.78 is 25.6. The van der Waals surface area contributed by atoms with Crippen molar-refractivity contribution >= 4 is 12.3 Å². The maximum atomic E-state index is 12.8. The molecule has 1 aliphatic rings. The molecule has 2 rings (SSSR count). The zero-order chi connectivity index (χ0) is 14.8. The molecule has 1 heterocycles. The average Bonchev–Trinajstić information content (AvgIpc) is 2.41. The van der Waals surface area contributed by atoms with Gasteiger partial charge in [0.25, 0.3) is 11.8 Å². The zero-order valence-corrected chi connectivity index (χ0v) is 11.0. The fourth-order valence-corrected chi connectivity index (χ4v) is 2.09. The van der Waals surface area contributed by atoms with Crippen molar-refractivity contribution in [2.24, 2.45) is 0 Å². The standard InChI is InChI=1S/C13H15F2N3O2/c1-18(10-5-13(14,15)6-10)12(20)11-4-2-3-9(17-11)7-16-8-19/h2-4,8,10H,5-7H2,1H3,(H,16,19). The van der Waals surface area contributed by atoms with Crippen LogP contribution in [0.15, 0.2) is 18.2 Å². The van der Waals surface area contributed by atoms with E-state index in [1.807, 2.05) is 0 Å². The molecule has 5 nitrogen and oxygen atoms in total. The molecule has 1 N–H and O–H groups in total. The van der Waals surface area contributed by atoms with Gasteiger partial charge >= 0.3 is 0 Å². The number of alkyl halides is 2. The molecule has 0 atom stereocenters. The maximum absolute atomic E-state index is 12.8. The fourth-order valence-electron chi connectivity index (χ4n) is 2.09. The Hall–Kier alpha value is -2.05. The van der Waals surface area contributed by atoms with Gasteiger partial charge < -0.3 is 10.2 Å². The molecule has 1 fully saturated rings. The first kappa shape index (κ1) is 14.4. The van der Waals surface area contributed by atoms with E-state index >= 15 is 0 Å². The maximum Gasteiger partial charge on any atom is 0.272 e. The first-order valence-corrected chi connectivity index (χ1v) is 6.21. The topological polar surface area (TPSA) is 62.3 Å². The molecule has 2 amide bonds. The van der Waals surface area contributed by atoms with Gasteiger partial charge in [-0.2, -0.15) is 0 Å². The second-order valence-electron chi connectivity index (χ2n) is 4.85. The van der Waals surface area contributed by atoms with E-state index in [4.69, 9.17) is 0 Å². The van der Waals surface area contributed by atoms with E-state index in [9.17, 15) is 18.4 Å². The third kappa shape index (κ3) is 3.09. The van der Waals surface area contributed by atoms with Crippen LogP contribution in [0.5, 0.6) is 0 Å². The smallest absolute Gasteiger partial charge is 0.272 e. The molecule has 1 aromatic rings. The van der Waals surface area contributed by atoms with Crippen LogP contribution in [0.1, 0.15) is 29.0 Å². The van der Waals surface area contributed by atoms with Crippen LogP contribution in [-0.2, 0) is 11.3 Å². The highest BCUT2D eigenvalue weighted by Crippen LogP contribution is 2.40. The highest BCUT2D eigenvalue weighted by Gasteiger charge is 2.48. The molecule has 7 heteroatoms. The molecule has 0 aliphatic heterocycles. The Morgan fingerprint density at radius 3 is 2.85 bits per heavy atom.